The topological polar surface area (TPSA) is 71.0 Å². The molecule has 0 spiro atoms. The number of nitrogens with zero attached hydrogens (tertiary/aromatic N) is 2. The van der Waals surface area contributed by atoms with Gasteiger partial charge in [-0.3, -0.25) is 9.80 Å². The summed E-state index contributed by atoms with van der Waals surface area (Å²) in [6.45, 7) is 9.04. The van der Waals surface area contributed by atoms with Gasteiger partial charge < -0.3 is 20.8 Å². The van der Waals surface area contributed by atoms with E-state index in [1.165, 1.54) is 5.56 Å². The Morgan fingerprint density at radius 3 is 2.04 bits per heavy atom. The molecule has 1 aromatic carbocycles. The molecular weight excluding hydrogens is 316 g/mol. The second-order valence-electron chi connectivity index (χ2n) is 6.75. The Kier molecular flexibility index (Phi) is 10.0. The Morgan fingerprint density at radius 2 is 1.40 bits per heavy atom. The van der Waals surface area contributed by atoms with Crippen LogP contribution in [0.1, 0.15) is 18.4 Å². The van der Waals surface area contributed by atoms with Gasteiger partial charge in [0.2, 0.25) is 0 Å². The molecule has 2 rings (SSSR count). The van der Waals surface area contributed by atoms with E-state index < -0.39 is 6.29 Å². The van der Waals surface area contributed by atoms with Crippen LogP contribution in [-0.4, -0.2) is 85.2 Å². The zero-order valence-electron chi connectivity index (χ0n) is 15.2. The van der Waals surface area contributed by atoms with Crippen molar-refractivity contribution >= 4 is 0 Å². The fraction of sp³-hybridized carbons (Fsp3) is 0.684. The van der Waals surface area contributed by atoms with Crippen molar-refractivity contribution < 1.29 is 10.2 Å². The summed E-state index contributed by atoms with van der Waals surface area (Å²) in [4.78, 5) is 4.64. The zero-order chi connectivity index (χ0) is 17.7. The summed E-state index contributed by atoms with van der Waals surface area (Å²) in [6.07, 6.45) is 0.888. The van der Waals surface area contributed by atoms with Gasteiger partial charge in [0.05, 0.1) is 0 Å². The van der Waals surface area contributed by atoms with Crippen molar-refractivity contribution in [1.29, 1.82) is 0 Å². The molecule has 0 atom stereocenters. The number of benzene rings is 1. The Labute approximate surface area is 151 Å². The third kappa shape index (κ3) is 9.30. The van der Waals surface area contributed by atoms with E-state index in [-0.39, 0.29) is 0 Å². The maximum Gasteiger partial charge on any atom is 0.164 e. The fourth-order valence-corrected chi connectivity index (χ4v) is 3.22. The Morgan fingerprint density at radius 1 is 0.800 bits per heavy atom. The molecule has 0 aromatic heterocycles. The molecule has 1 aliphatic heterocycles. The van der Waals surface area contributed by atoms with Crippen molar-refractivity contribution in [3.8, 4) is 0 Å². The predicted molar refractivity (Wildman–Crippen MR) is 101 cm³/mol. The van der Waals surface area contributed by atoms with Crippen LogP contribution in [0.15, 0.2) is 30.3 Å². The second-order valence-corrected chi connectivity index (χ2v) is 6.75. The van der Waals surface area contributed by atoms with Crippen LogP contribution in [0.2, 0.25) is 0 Å². The predicted octanol–water partition coefficient (Wildman–Crippen LogP) is 0.0743. The number of aliphatic hydroxyl groups is 2. The molecule has 1 fully saturated rings. The first-order chi connectivity index (χ1) is 12.2. The van der Waals surface area contributed by atoms with E-state index in [1.807, 2.05) is 0 Å². The van der Waals surface area contributed by atoms with Crippen molar-refractivity contribution in [2.24, 2.45) is 0 Å². The van der Waals surface area contributed by atoms with Crippen LogP contribution in [0, 0.1) is 0 Å². The van der Waals surface area contributed by atoms with E-state index >= 15 is 0 Å². The maximum atomic E-state index is 9.20. The molecule has 4 N–H and O–H groups in total. The van der Waals surface area contributed by atoms with E-state index in [2.05, 4.69) is 50.8 Å². The molecule has 6 nitrogen and oxygen atoms in total. The fourth-order valence-electron chi connectivity index (χ4n) is 3.22. The summed E-state index contributed by atoms with van der Waals surface area (Å²) in [6, 6.07) is 10.7. The van der Waals surface area contributed by atoms with Gasteiger partial charge in [0.25, 0.3) is 0 Å². The summed E-state index contributed by atoms with van der Waals surface area (Å²) in [5.41, 5.74) is 1.37. The molecule has 0 amide bonds. The van der Waals surface area contributed by atoms with Crippen LogP contribution >= 0.6 is 0 Å². The van der Waals surface area contributed by atoms with Gasteiger partial charge in [0.1, 0.15) is 0 Å². The lowest BCUT2D eigenvalue weighted by Gasteiger charge is -2.25. The molecule has 142 valence electrons. The molecule has 0 aliphatic carbocycles. The Balaban J connectivity index is 1.78. The summed E-state index contributed by atoms with van der Waals surface area (Å²) >= 11 is 0. The van der Waals surface area contributed by atoms with Crippen LogP contribution in [0.5, 0.6) is 0 Å². The molecule has 0 radical (unpaired) electrons. The zero-order valence-corrected chi connectivity index (χ0v) is 15.2. The Bertz CT molecular complexity index is 428. The lowest BCUT2D eigenvalue weighted by molar-refractivity contribution is -0.0611. The van der Waals surface area contributed by atoms with Gasteiger partial charge >= 0.3 is 0 Å². The molecule has 6 heteroatoms. The smallest absolute Gasteiger partial charge is 0.164 e. The number of β-amino-alcohol motifs (C(OH)–C–C–N with tert-alkyl or cyclic N) is 2. The van der Waals surface area contributed by atoms with Crippen LogP contribution in [0.4, 0.5) is 0 Å². The monoisotopic (exact) mass is 350 g/mol. The van der Waals surface area contributed by atoms with Crippen LogP contribution < -0.4 is 10.6 Å². The normalized spacial score (nSPS) is 20.4. The standard InChI is InChI=1S/C19H34N4O2/c24-19(25)17-23-13-5-9-20-10-14-22(12-4-8-21-11-15-23)16-18-6-2-1-3-7-18/h1-3,6-7,19-21,24-25H,4-5,8-17H2. The van der Waals surface area contributed by atoms with Crippen LogP contribution in [-0.2, 0) is 6.54 Å². The molecule has 25 heavy (non-hydrogen) atoms. The summed E-state index contributed by atoms with van der Waals surface area (Å²) in [5.74, 6) is 0. The third-order valence-electron chi connectivity index (χ3n) is 4.54. The minimum atomic E-state index is -1.25. The van der Waals surface area contributed by atoms with Gasteiger partial charge in [-0.15, -0.1) is 0 Å². The number of hydrogen-bond donors (Lipinski definition) is 4. The summed E-state index contributed by atoms with van der Waals surface area (Å²) < 4.78 is 0. The van der Waals surface area contributed by atoms with E-state index in [9.17, 15) is 10.2 Å². The average molecular weight is 351 g/mol. The molecule has 1 saturated heterocycles. The lowest BCUT2D eigenvalue weighted by atomic mass is 10.2. The number of nitrogens with one attached hydrogen (secondary N) is 2. The van der Waals surface area contributed by atoms with Crippen LogP contribution in [0.3, 0.4) is 0 Å². The largest absolute Gasteiger partial charge is 0.367 e. The van der Waals surface area contributed by atoms with Gasteiger partial charge in [-0.2, -0.15) is 0 Å². The summed E-state index contributed by atoms with van der Waals surface area (Å²) in [7, 11) is 0. The minimum absolute atomic E-state index is 0.326. The van der Waals surface area contributed by atoms with Crippen molar-refractivity contribution in [3.63, 3.8) is 0 Å². The number of aliphatic hydroxyl groups excluding tert-OH is 1. The van der Waals surface area contributed by atoms with E-state index in [4.69, 9.17) is 0 Å². The molecular formula is C19H34N4O2. The van der Waals surface area contributed by atoms with Gasteiger partial charge in [-0.05, 0) is 44.6 Å². The highest BCUT2D eigenvalue weighted by Gasteiger charge is 2.10. The van der Waals surface area contributed by atoms with E-state index in [0.29, 0.717) is 6.54 Å². The highest BCUT2D eigenvalue weighted by Crippen LogP contribution is 2.05. The maximum absolute atomic E-state index is 9.20. The quantitative estimate of drug-likeness (QED) is 0.577. The average Bonchev–Trinajstić information content (AvgIpc) is 2.60. The highest BCUT2D eigenvalue weighted by molar-refractivity contribution is 5.14. The van der Waals surface area contributed by atoms with Crippen LogP contribution in [0.25, 0.3) is 0 Å². The lowest BCUT2D eigenvalue weighted by Crippen LogP contribution is -2.40. The molecule has 0 saturated carbocycles. The molecule has 0 bridgehead atoms. The van der Waals surface area contributed by atoms with Gasteiger partial charge in [-0.1, -0.05) is 30.3 Å². The summed E-state index contributed by atoms with van der Waals surface area (Å²) in [5, 5.41) is 25.4. The van der Waals surface area contributed by atoms with Crippen molar-refractivity contribution in [3.05, 3.63) is 35.9 Å². The van der Waals surface area contributed by atoms with Gasteiger partial charge in [0.15, 0.2) is 6.29 Å². The van der Waals surface area contributed by atoms with E-state index in [0.717, 1.165) is 71.7 Å². The highest BCUT2D eigenvalue weighted by atomic mass is 16.5. The third-order valence-corrected chi connectivity index (χ3v) is 4.54. The Hall–Kier alpha value is -1.02. The number of hydrogen-bond acceptors (Lipinski definition) is 6. The molecule has 1 aromatic rings. The molecule has 1 aliphatic rings. The van der Waals surface area contributed by atoms with E-state index in [1.54, 1.807) is 0 Å². The second kappa shape index (κ2) is 12.4. The molecule has 1 heterocycles. The molecule has 0 unspecified atom stereocenters. The number of rotatable bonds is 4. The first-order valence-electron chi connectivity index (χ1n) is 9.50. The minimum Gasteiger partial charge on any atom is -0.367 e. The van der Waals surface area contributed by atoms with Gasteiger partial charge in [0, 0.05) is 39.3 Å². The van der Waals surface area contributed by atoms with Crippen molar-refractivity contribution in [2.45, 2.75) is 25.7 Å². The SMILES string of the molecule is OC(O)CN1CCCNCCN(Cc2ccccc2)CCCNCC1. The van der Waals surface area contributed by atoms with Crippen molar-refractivity contribution in [2.75, 3.05) is 58.9 Å². The first kappa shape index (κ1) is 20.3. The first-order valence-corrected chi connectivity index (χ1v) is 9.50. The van der Waals surface area contributed by atoms with Crippen molar-refractivity contribution in [1.82, 2.24) is 20.4 Å². The van der Waals surface area contributed by atoms with Gasteiger partial charge in [-0.25, -0.2) is 0 Å².